The number of carbonyl (C=O) groups excluding carboxylic acids is 1. The zero-order chi connectivity index (χ0) is 24.1. The molecule has 0 aromatic rings. The molecule has 184 valence electrons. The molecule has 0 aromatic heterocycles. The lowest BCUT2D eigenvalue weighted by atomic mass is 9.43. The molecule has 4 aliphatic carbocycles. The van der Waals surface area contributed by atoms with E-state index >= 15 is 0 Å². The molecular weight excluding hydrogens is 396 g/mol. The van der Waals surface area contributed by atoms with E-state index in [4.69, 9.17) is 5.11 Å². The van der Waals surface area contributed by atoms with Crippen molar-refractivity contribution in [2.45, 2.75) is 119 Å². The predicted molar refractivity (Wildman–Crippen MR) is 134 cm³/mol. The second-order valence-corrected chi connectivity index (χ2v) is 10.8. The highest BCUT2D eigenvalue weighted by Crippen LogP contribution is 2.67. The minimum Gasteiger partial charge on any atom is -0.481 e. The Balaban J connectivity index is 0.000000860. The summed E-state index contributed by atoms with van der Waals surface area (Å²) in [5, 5.41) is 9.02. The number of carboxylic acid groups (broad SMARTS) is 1. The maximum Gasteiger partial charge on any atom is 0.303 e. The van der Waals surface area contributed by atoms with E-state index in [1.54, 1.807) is 0 Å². The SMILES string of the molecule is C/C=C1/C(=O)C2C3CCC(CCCC(=O)O)C3(C)CCC2C2(C)CCCCC12.CC.CC. The number of rotatable bonds is 4. The Bertz CT molecular complexity index is 680. The summed E-state index contributed by atoms with van der Waals surface area (Å²) >= 11 is 0. The van der Waals surface area contributed by atoms with Crippen molar-refractivity contribution in [1.82, 2.24) is 0 Å². The van der Waals surface area contributed by atoms with Gasteiger partial charge in [-0.25, -0.2) is 0 Å². The molecule has 0 radical (unpaired) electrons. The first-order valence-electron chi connectivity index (χ1n) is 13.7. The van der Waals surface area contributed by atoms with Gasteiger partial charge < -0.3 is 5.11 Å². The van der Waals surface area contributed by atoms with Gasteiger partial charge in [-0.15, -0.1) is 0 Å². The van der Waals surface area contributed by atoms with Gasteiger partial charge in [0.1, 0.15) is 0 Å². The zero-order valence-electron chi connectivity index (χ0n) is 22.0. The van der Waals surface area contributed by atoms with Crippen LogP contribution in [0.4, 0.5) is 0 Å². The van der Waals surface area contributed by atoms with Crippen molar-refractivity contribution in [3.05, 3.63) is 11.6 Å². The van der Waals surface area contributed by atoms with E-state index in [1.807, 2.05) is 27.7 Å². The Labute approximate surface area is 197 Å². The molecule has 0 bridgehead atoms. The second-order valence-electron chi connectivity index (χ2n) is 10.8. The third-order valence-electron chi connectivity index (χ3n) is 9.79. The summed E-state index contributed by atoms with van der Waals surface area (Å²) in [5.41, 5.74) is 1.69. The smallest absolute Gasteiger partial charge is 0.303 e. The summed E-state index contributed by atoms with van der Waals surface area (Å²) in [5.74, 6) is 2.16. The molecule has 32 heavy (non-hydrogen) atoms. The molecule has 1 N–H and O–H groups in total. The van der Waals surface area contributed by atoms with Gasteiger partial charge in [-0.3, -0.25) is 9.59 Å². The van der Waals surface area contributed by atoms with Crippen LogP contribution in [-0.4, -0.2) is 16.9 Å². The van der Waals surface area contributed by atoms with Gasteiger partial charge in [-0.1, -0.05) is 60.5 Å². The molecule has 0 spiro atoms. The van der Waals surface area contributed by atoms with Crippen LogP contribution in [0.1, 0.15) is 119 Å². The fourth-order valence-corrected chi connectivity index (χ4v) is 8.35. The largest absolute Gasteiger partial charge is 0.481 e. The standard InChI is InChI=1S/C25H38O3.2C2H6/c1-4-17-18-9-5-6-14-25(18,3)20-13-15-24(2)16(8-7-10-21(26)27)11-12-19(24)22(20)23(17)28;2*1-2/h4,16,18-20,22H,5-15H2,1-3H3,(H,26,27);2*1-2H3/b17-4+;;. The Morgan fingerprint density at radius 2 is 1.62 bits per heavy atom. The maximum absolute atomic E-state index is 13.7. The van der Waals surface area contributed by atoms with Crippen LogP contribution < -0.4 is 0 Å². The minimum absolute atomic E-state index is 0.216. The topological polar surface area (TPSA) is 54.4 Å². The summed E-state index contributed by atoms with van der Waals surface area (Å²) in [6.07, 6.45) is 14.1. The highest BCUT2D eigenvalue weighted by Gasteiger charge is 2.63. The molecule has 4 saturated carbocycles. The molecule has 0 amide bonds. The molecule has 4 fully saturated rings. The Kier molecular flexibility index (Phi) is 9.61. The number of carboxylic acids is 1. The van der Waals surface area contributed by atoms with E-state index in [1.165, 1.54) is 51.4 Å². The Hall–Kier alpha value is -1.12. The van der Waals surface area contributed by atoms with Crippen molar-refractivity contribution in [3.63, 3.8) is 0 Å². The number of fused-ring (bicyclic) bond motifs is 5. The Morgan fingerprint density at radius 1 is 0.969 bits per heavy atom. The first-order chi connectivity index (χ1) is 15.3. The third-order valence-corrected chi connectivity index (χ3v) is 9.79. The fourth-order valence-electron chi connectivity index (χ4n) is 8.35. The summed E-state index contributed by atoms with van der Waals surface area (Å²) in [7, 11) is 0. The highest BCUT2D eigenvalue weighted by molar-refractivity contribution is 5.99. The summed E-state index contributed by atoms with van der Waals surface area (Å²) < 4.78 is 0. The predicted octanol–water partition coefficient (Wildman–Crippen LogP) is 8.08. The number of hydrogen-bond donors (Lipinski definition) is 1. The first kappa shape index (κ1) is 27.1. The van der Waals surface area contributed by atoms with Gasteiger partial charge in [0.2, 0.25) is 0 Å². The van der Waals surface area contributed by atoms with Gasteiger partial charge in [-0.05, 0) is 98.4 Å². The summed E-state index contributed by atoms with van der Waals surface area (Å²) in [6, 6.07) is 0. The van der Waals surface area contributed by atoms with Gasteiger partial charge in [-0.2, -0.15) is 0 Å². The van der Waals surface area contributed by atoms with Crippen molar-refractivity contribution >= 4 is 11.8 Å². The van der Waals surface area contributed by atoms with Gasteiger partial charge in [0.05, 0.1) is 0 Å². The first-order valence-corrected chi connectivity index (χ1v) is 13.7. The monoisotopic (exact) mass is 446 g/mol. The highest BCUT2D eigenvalue weighted by atomic mass is 16.4. The number of aliphatic carboxylic acids is 1. The number of Topliss-reactive ketones (excluding diaryl/α,β-unsaturated/α-hetero) is 1. The normalized spacial score (nSPS) is 41.3. The van der Waals surface area contributed by atoms with E-state index in [2.05, 4.69) is 26.8 Å². The lowest BCUT2D eigenvalue weighted by Gasteiger charge is -2.60. The van der Waals surface area contributed by atoms with Gasteiger partial charge >= 0.3 is 5.97 Å². The summed E-state index contributed by atoms with van der Waals surface area (Å²) in [4.78, 5) is 24.7. The van der Waals surface area contributed by atoms with Crippen molar-refractivity contribution in [3.8, 4) is 0 Å². The van der Waals surface area contributed by atoms with Crippen LogP contribution >= 0.6 is 0 Å². The van der Waals surface area contributed by atoms with Gasteiger partial charge in [0, 0.05) is 12.3 Å². The molecule has 7 unspecified atom stereocenters. The van der Waals surface area contributed by atoms with E-state index in [-0.39, 0.29) is 17.8 Å². The van der Waals surface area contributed by atoms with Crippen molar-refractivity contribution in [1.29, 1.82) is 0 Å². The van der Waals surface area contributed by atoms with E-state index < -0.39 is 5.97 Å². The molecule has 3 nitrogen and oxygen atoms in total. The molecular formula is C29H50O3. The second kappa shape index (κ2) is 11.3. The average Bonchev–Trinajstić information content (AvgIpc) is 3.13. The molecule has 3 heteroatoms. The molecule has 0 heterocycles. The van der Waals surface area contributed by atoms with Crippen LogP contribution in [0.25, 0.3) is 0 Å². The lowest BCUT2D eigenvalue weighted by molar-refractivity contribution is -0.145. The van der Waals surface area contributed by atoms with E-state index in [0.29, 0.717) is 34.9 Å². The van der Waals surface area contributed by atoms with Crippen molar-refractivity contribution in [2.24, 2.45) is 40.4 Å². The van der Waals surface area contributed by atoms with Gasteiger partial charge in [0.15, 0.2) is 5.78 Å². The molecule has 0 aliphatic heterocycles. The third kappa shape index (κ3) is 4.60. The van der Waals surface area contributed by atoms with Crippen LogP contribution in [0.5, 0.6) is 0 Å². The molecule has 0 aromatic carbocycles. The summed E-state index contributed by atoms with van der Waals surface area (Å²) in [6.45, 7) is 15.0. The number of ketones is 1. The average molecular weight is 447 g/mol. The van der Waals surface area contributed by atoms with Crippen LogP contribution in [0.3, 0.4) is 0 Å². The number of allylic oxidation sites excluding steroid dienone is 2. The van der Waals surface area contributed by atoms with E-state index in [0.717, 1.165) is 18.4 Å². The van der Waals surface area contributed by atoms with Crippen LogP contribution in [-0.2, 0) is 9.59 Å². The zero-order valence-corrected chi connectivity index (χ0v) is 22.0. The number of carbonyl (C=O) groups is 2. The maximum atomic E-state index is 13.7. The van der Waals surface area contributed by atoms with Gasteiger partial charge in [0.25, 0.3) is 0 Å². The van der Waals surface area contributed by atoms with Crippen molar-refractivity contribution in [2.75, 3.05) is 0 Å². The van der Waals surface area contributed by atoms with E-state index in [9.17, 15) is 9.59 Å². The lowest BCUT2D eigenvalue weighted by Crippen LogP contribution is -2.57. The molecule has 4 aliphatic rings. The van der Waals surface area contributed by atoms with Crippen LogP contribution in [0.15, 0.2) is 11.6 Å². The molecule has 0 saturated heterocycles. The number of hydrogen-bond acceptors (Lipinski definition) is 2. The molecule has 7 atom stereocenters. The minimum atomic E-state index is -0.681. The van der Waals surface area contributed by atoms with Crippen molar-refractivity contribution < 1.29 is 14.7 Å². The Morgan fingerprint density at radius 3 is 2.25 bits per heavy atom. The van der Waals surface area contributed by atoms with Crippen LogP contribution in [0, 0.1) is 40.4 Å². The molecule has 4 rings (SSSR count). The quantitative estimate of drug-likeness (QED) is 0.444. The van der Waals surface area contributed by atoms with Crippen LogP contribution in [0.2, 0.25) is 0 Å². The fraction of sp³-hybridized carbons (Fsp3) is 0.862.